The van der Waals surface area contributed by atoms with Crippen LogP contribution in [-0.2, 0) is 0 Å². The SMILES string of the molecule is CCC(C)(CCCOc1ccccc1)CNC. The summed E-state index contributed by atoms with van der Waals surface area (Å²) in [6, 6.07) is 10.0. The zero-order valence-electron chi connectivity index (χ0n) is 11.3. The molecular weight excluding hydrogens is 210 g/mol. The Morgan fingerprint density at radius 2 is 1.94 bits per heavy atom. The Balaban J connectivity index is 2.23. The number of hydrogen-bond acceptors (Lipinski definition) is 2. The number of para-hydroxylation sites is 1. The number of ether oxygens (including phenoxy) is 1. The number of benzene rings is 1. The highest BCUT2D eigenvalue weighted by Crippen LogP contribution is 2.26. The summed E-state index contributed by atoms with van der Waals surface area (Å²) in [6.07, 6.45) is 3.53. The van der Waals surface area contributed by atoms with Crippen molar-refractivity contribution in [3.05, 3.63) is 30.3 Å². The highest BCUT2D eigenvalue weighted by molar-refractivity contribution is 5.20. The van der Waals surface area contributed by atoms with Crippen molar-refractivity contribution in [3.8, 4) is 5.75 Å². The van der Waals surface area contributed by atoms with E-state index in [0.29, 0.717) is 5.41 Å². The molecule has 0 amide bonds. The van der Waals surface area contributed by atoms with Gasteiger partial charge in [-0.2, -0.15) is 0 Å². The van der Waals surface area contributed by atoms with Crippen molar-refractivity contribution in [2.24, 2.45) is 5.41 Å². The molecule has 1 atom stereocenters. The molecule has 0 aromatic heterocycles. The first-order chi connectivity index (χ1) is 8.20. The third-order valence-electron chi connectivity index (χ3n) is 3.39. The quantitative estimate of drug-likeness (QED) is 0.696. The van der Waals surface area contributed by atoms with Gasteiger partial charge in [0.15, 0.2) is 0 Å². The molecule has 0 aliphatic heterocycles. The lowest BCUT2D eigenvalue weighted by molar-refractivity contribution is 0.230. The number of rotatable bonds is 8. The first-order valence-electron chi connectivity index (χ1n) is 6.52. The van der Waals surface area contributed by atoms with Gasteiger partial charge in [-0.3, -0.25) is 0 Å². The van der Waals surface area contributed by atoms with Gasteiger partial charge in [0, 0.05) is 6.54 Å². The minimum atomic E-state index is 0.398. The predicted molar refractivity (Wildman–Crippen MR) is 73.5 cm³/mol. The van der Waals surface area contributed by atoms with E-state index < -0.39 is 0 Å². The molecular formula is C15H25NO. The van der Waals surface area contributed by atoms with Gasteiger partial charge in [0.25, 0.3) is 0 Å². The van der Waals surface area contributed by atoms with Crippen LogP contribution < -0.4 is 10.1 Å². The molecule has 1 N–H and O–H groups in total. The van der Waals surface area contributed by atoms with Crippen molar-refractivity contribution in [1.82, 2.24) is 5.32 Å². The zero-order chi connectivity index (χ0) is 12.6. The van der Waals surface area contributed by atoms with E-state index >= 15 is 0 Å². The Labute approximate surface area is 105 Å². The molecule has 17 heavy (non-hydrogen) atoms. The number of nitrogens with one attached hydrogen (secondary N) is 1. The molecule has 2 nitrogen and oxygen atoms in total. The minimum Gasteiger partial charge on any atom is -0.494 e. The summed E-state index contributed by atoms with van der Waals surface area (Å²) >= 11 is 0. The van der Waals surface area contributed by atoms with Gasteiger partial charge in [-0.25, -0.2) is 0 Å². The van der Waals surface area contributed by atoms with Crippen LogP contribution in [0.25, 0.3) is 0 Å². The van der Waals surface area contributed by atoms with E-state index in [9.17, 15) is 0 Å². The minimum absolute atomic E-state index is 0.398. The van der Waals surface area contributed by atoms with Crippen molar-refractivity contribution >= 4 is 0 Å². The van der Waals surface area contributed by atoms with Gasteiger partial charge in [-0.1, -0.05) is 32.0 Å². The second-order valence-corrected chi connectivity index (χ2v) is 4.96. The van der Waals surface area contributed by atoms with Crippen LogP contribution in [-0.4, -0.2) is 20.2 Å². The molecule has 0 bridgehead atoms. The third-order valence-corrected chi connectivity index (χ3v) is 3.39. The molecule has 1 rings (SSSR count). The summed E-state index contributed by atoms with van der Waals surface area (Å²) in [5, 5.41) is 3.28. The van der Waals surface area contributed by atoms with Gasteiger partial charge in [0.1, 0.15) is 5.75 Å². The summed E-state index contributed by atoms with van der Waals surface area (Å²) in [5.74, 6) is 0.972. The van der Waals surface area contributed by atoms with Crippen molar-refractivity contribution in [2.75, 3.05) is 20.2 Å². The van der Waals surface area contributed by atoms with Gasteiger partial charge in [-0.05, 0) is 43.9 Å². The van der Waals surface area contributed by atoms with Crippen LogP contribution in [0.15, 0.2) is 30.3 Å². The summed E-state index contributed by atoms with van der Waals surface area (Å²) < 4.78 is 5.70. The van der Waals surface area contributed by atoms with Gasteiger partial charge < -0.3 is 10.1 Å². The molecule has 0 radical (unpaired) electrons. The van der Waals surface area contributed by atoms with E-state index in [1.54, 1.807) is 0 Å². The van der Waals surface area contributed by atoms with Crippen molar-refractivity contribution in [1.29, 1.82) is 0 Å². The topological polar surface area (TPSA) is 21.3 Å². The van der Waals surface area contributed by atoms with Crippen LogP contribution in [0.4, 0.5) is 0 Å². The van der Waals surface area contributed by atoms with Crippen LogP contribution in [0.2, 0.25) is 0 Å². The van der Waals surface area contributed by atoms with Crippen LogP contribution in [0, 0.1) is 5.41 Å². The fourth-order valence-corrected chi connectivity index (χ4v) is 2.02. The van der Waals surface area contributed by atoms with E-state index in [1.165, 1.54) is 12.8 Å². The molecule has 1 aromatic carbocycles. The normalized spacial score (nSPS) is 14.3. The smallest absolute Gasteiger partial charge is 0.119 e. The van der Waals surface area contributed by atoms with Gasteiger partial charge in [0.05, 0.1) is 6.61 Å². The van der Waals surface area contributed by atoms with Gasteiger partial charge in [0.2, 0.25) is 0 Å². The van der Waals surface area contributed by atoms with Crippen molar-refractivity contribution < 1.29 is 4.74 Å². The van der Waals surface area contributed by atoms with E-state index in [2.05, 4.69) is 19.2 Å². The Hall–Kier alpha value is -1.02. The second-order valence-electron chi connectivity index (χ2n) is 4.96. The van der Waals surface area contributed by atoms with Gasteiger partial charge in [-0.15, -0.1) is 0 Å². The van der Waals surface area contributed by atoms with Crippen molar-refractivity contribution in [3.63, 3.8) is 0 Å². The molecule has 0 spiro atoms. The zero-order valence-corrected chi connectivity index (χ0v) is 11.3. The van der Waals surface area contributed by atoms with Crippen LogP contribution in [0.1, 0.15) is 33.1 Å². The Morgan fingerprint density at radius 1 is 1.24 bits per heavy atom. The molecule has 0 heterocycles. The van der Waals surface area contributed by atoms with Crippen LogP contribution >= 0.6 is 0 Å². The number of hydrogen-bond donors (Lipinski definition) is 1. The van der Waals surface area contributed by atoms with Crippen LogP contribution in [0.3, 0.4) is 0 Å². The highest BCUT2D eigenvalue weighted by atomic mass is 16.5. The summed E-state index contributed by atoms with van der Waals surface area (Å²) in [7, 11) is 2.02. The molecule has 0 saturated carbocycles. The Kier molecular flexibility index (Phi) is 6.06. The summed E-state index contributed by atoms with van der Waals surface area (Å²) in [6.45, 7) is 6.49. The fraction of sp³-hybridized carbons (Fsp3) is 0.600. The second kappa shape index (κ2) is 7.33. The molecule has 0 aliphatic rings. The third kappa shape index (κ3) is 5.22. The molecule has 96 valence electrons. The lowest BCUT2D eigenvalue weighted by Gasteiger charge is -2.27. The highest BCUT2D eigenvalue weighted by Gasteiger charge is 2.20. The maximum atomic E-state index is 5.70. The molecule has 0 fully saturated rings. The standard InChI is InChI=1S/C15H25NO/c1-4-15(2,13-16-3)11-8-12-17-14-9-6-5-7-10-14/h5-7,9-10,16H,4,8,11-13H2,1-3H3. The maximum absolute atomic E-state index is 5.70. The van der Waals surface area contributed by atoms with Crippen molar-refractivity contribution in [2.45, 2.75) is 33.1 Å². The Bertz CT molecular complexity index is 299. The van der Waals surface area contributed by atoms with Crippen LogP contribution in [0.5, 0.6) is 5.75 Å². The predicted octanol–water partition coefficient (Wildman–Crippen LogP) is 3.48. The molecule has 1 aromatic rings. The lowest BCUT2D eigenvalue weighted by Crippen LogP contribution is -2.29. The fourth-order valence-electron chi connectivity index (χ4n) is 2.02. The first kappa shape index (κ1) is 14.0. The monoisotopic (exact) mass is 235 g/mol. The summed E-state index contributed by atoms with van der Waals surface area (Å²) in [5.41, 5.74) is 0.398. The summed E-state index contributed by atoms with van der Waals surface area (Å²) in [4.78, 5) is 0. The van der Waals surface area contributed by atoms with E-state index in [4.69, 9.17) is 4.74 Å². The first-order valence-corrected chi connectivity index (χ1v) is 6.52. The lowest BCUT2D eigenvalue weighted by atomic mass is 9.83. The molecule has 1 unspecified atom stereocenters. The maximum Gasteiger partial charge on any atom is 0.119 e. The molecule has 2 heteroatoms. The average molecular weight is 235 g/mol. The molecule has 0 saturated heterocycles. The van der Waals surface area contributed by atoms with E-state index in [-0.39, 0.29) is 0 Å². The Morgan fingerprint density at radius 3 is 2.53 bits per heavy atom. The van der Waals surface area contributed by atoms with Gasteiger partial charge >= 0.3 is 0 Å². The molecule has 0 aliphatic carbocycles. The largest absolute Gasteiger partial charge is 0.494 e. The van der Waals surface area contributed by atoms with E-state index in [0.717, 1.165) is 25.3 Å². The average Bonchev–Trinajstić information content (AvgIpc) is 2.36. The van der Waals surface area contributed by atoms with E-state index in [1.807, 2.05) is 37.4 Å².